The number of ether oxygens (including phenoxy) is 2. The van der Waals surface area contributed by atoms with Crippen molar-refractivity contribution < 1.29 is 83.7 Å². The van der Waals surface area contributed by atoms with Gasteiger partial charge in [0.25, 0.3) is 0 Å². The topological polar surface area (TPSA) is 256 Å². The van der Waals surface area contributed by atoms with Crippen LogP contribution in [0.4, 0.5) is 0 Å². The zero-order valence-corrected chi connectivity index (χ0v) is 37.3. The normalized spacial score (nSPS) is 24.8. The summed E-state index contributed by atoms with van der Waals surface area (Å²) in [6, 6.07) is 0. The summed E-state index contributed by atoms with van der Waals surface area (Å²) in [5.74, 6) is -2.59. The number of rotatable bonds is 38. The quantitative estimate of drug-likeness (QED) is 0.0177. The fourth-order valence-corrected chi connectivity index (χ4v) is 8.18. The molecule has 1 aliphatic carbocycles. The number of unbranched alkanes of at least 4 members (excludes halogenated alkanes) is 24. The van der Waals surface area contributed by atoms with Crippen LogP contribution in [0.1, 0.15) is 200 Å². The predicted molar refractivity (Wildman–Crippen MR) is 223 cm³/mol. The third-order valence-corrected chi connectivity index (χ3v) is 11.6. The van der Waals surface area contributed by atoms with Crippen molar-refractivity contribution in [2.75, 3.05) is 13.1 Å². The van der Waals surface area contributed by atoms with Crippen LogP contribution in [0.15, 0.2) is 0 Å². The second-order valence-electron chi connectivity index (χ2n) is 15.6. The van der Waals surface area contributed by atoms with E-state index in [4.69, 9.17) is 16.3 Å². The average molecular weight is 896 g/mol. The predicted octanol–water partition coefficient (Wildman–Crippen LogP) is 7.84. The van der Waals surface area contributed by atoms with E-state index >= 15 is 0 Å². The molecule has 0 radical (unpaired) electrons. The van der Waals surface area contributed by atoms with Gasteiger partial charge in [-0.25, -0.2) is 9.13 Å². The largest absolute Gasteiger partial charge is 0.472 e. The Labute approximate surface area is 360 Å². The fourth-order valence-electron chi connectivity index (χ4n) is 6.82. The van der Waals surface area contributed by atoms with E-state index in [1.165, 1.54) is 77.0 Å². The number of aliphatic hydroxyl groups is 4. The van der Waals surface area contributed by atoms with Gasteiger partial charge in [-0.1, -0.05) is 168 Å². The molecule has 59 heavy (non-hydrogen) atoms. The van der Waals surface area contributed by atoms with Crippen LogP contribution in [0.25, 0.3) is 0 Å². The zero-order chi connectivity index (χ0) is 48.5. The lowest BCUT2D eigenvalue weighted by Crippen LogP contribution is -2.64. The van der Waals surface area contributed by atoms with Crippen LogP contribution in [0.5, 0.6) is 0 Å². The third-order valence-electron chi connectivity index (χ3n) is 10.3. The molecule has 0 bridgehead atoms. The van der Waals surface area contributed by atoms with Crippen molar-refractivity contribution in [3.63, 3.8) is 0 Å². The van der Waals surface area contributed by atoms with Gasteiger partial charge >= 0.3 is 27.6 Å². The minimum absolute atomic E-state index is 0.184. The van der Waals surface area contributed by atoms with Gasteiger partial charge in [0.1, 0.15) is 43.2 Å². The Morgan fingerprint density at radius 3 is 1.27 bits per heavy atom. The monoisotopic (exact) mass is 896 g/mol. The molecule has 0 saturated heterocycles. The molecule has 350 valence electrons. The molecule has 16 nitrogen and oxygen atoms in total. The van der Waals surface area contributed by atoms with Crippen molar-refractivity contribution in [3.05, 3.63) is 0 Å². The van der Waals surface area contributed by atoms with E-state index in [0.29, 0.717) is 12.8 Å². The minimum atomic E-state index is -6.18. The van der Waals surface area contributed by atoms with Gasteiger partial charge in [-0.15, -0.1) is 0 Å². The van der Waals surface area contributed by atoms with E-state index in [-0.39, 0.29) is 19.3 Å². The highest BCUT2D eigenvalue weighted by Gasteiger charge is 2.54. The lowest BCUT2D eigenvalue weighted by Gasteiger charge is -2.43. The maximum absolute atomic E-state index is 13.3. The molecule has 0 aromatic rings. The Kier molecular flexibility index (Phi) is 27.0. The summed E-state index contributed by atoms with van der Waals surface area (Å²) in [6.45, 7) is -3.79. The Morgan fingerprint density at radius 2 is 0.881 bits per heavy atom. The van der Waals surface area contributed by atoms with Gasteiger partial charge in [-0.2, -0.15) is 0 Å². The molecular formula is C41H80O16P2. The third kappa shape index (κ3) is 28.3. The minimum Gasteiger partial charge on any atom is -0.462 e. The van der Waals surface area contributed by atoms with Crippen molar-refractivity contribution in [2.24, 2.45) is 0 Å². The molecule has 0 amide bonds. The van der Waals surface area contributed by atoms with E-state index in [9.17, 15) is 53.8 Å². The van der Waals surface area contributed by atoms with Crippen LogP contribution in [0.3, 0.4) is 0 Å². The number of carbonyl (C=O) groups excluding carboxylic acids is 2. The first kappa shape index (κ1) is 47.5. The van der Waals surface area contributed by atoms with Gasteiger partial charge in [0.2, 0.25) is 0 Å². The first-order valence-electron chi connectivity index (χ1n) is 24.6. The highest BCUT2D eigenvalue weighted by Crippen LogP contribution is 2.49. The molecule has 0 heterocycles. The number of hydrogen-bond donors (Lipinski definition) is 7. The van der Waals surface area contributed by atoms with Gasteiger partial charge < -0.3 is 44.6 Å². The molecule has 7 N–H and O–H groups in total. The summed E-state index contributed by atoms with van der Waals surface area (Å²) >= 11 is 0. The van der Waals surface area contributed by atoms with Crippen LogP contribution in [-0.2, 0) is 41.8 Å². The van der Waals surface area contributed by atoms with Gasteiger partial charge in [-0.05, 0) is 12.8 Å². The number of phosphoric acid groups is 2. The van der Waals surface area contributed by atoms with Crippen molar-refractivity contribution in [1.82, 2.24) is 0 Å². The van der Waals surface area contributed by atoms with E-state index in [0.717, 1.165) is 64.2 Å². The van der Waals surface area contributed by atoms with Crippen LogP contribution >= 0.6 is 15.6 Å². The summed E-state index contributed by atoms with van der Waals surface area (Å²) in [5, 5.41) is 41.4. The Balaban J connectivity index is 3.00. The zero-order valence-electron chi connectivity index (χ0n) is 40.5. The first-order chi connectivity index (χ1) is 29.9. The number of esters is 2. The van der Waals surface area contributed by atoms with Crippen LogP contribution in [0.2, 0.25) is 0 Å². The van der Waals surface area contributed by atoms with Gasteiger partial charge in [-0.3, -0.25) is 23.2 Å². The smallest absolute Gasteiger partial charge is 0.462 e. The fraction of sp³-hybridized carbons (Fsp3) is 0.951. The van der Waals surface area contributed by atoms with E-state index < -0.39 is 89.8 Å². The summed E-state index contributed by atoms with van der Waals surface area (Å²) in [7, 11) is -11.7. The Bertz CT molecular complexity index is 1400. The van der Waals surface area contributed by atoms with Crippen LogP contribution in [-0.4, -0.2) is 103 Å². The molecule has 1 rings (SSSR count). The van der Waals surface area contributed by atoms with Gasteiger partial charge in [0, 0.05) is 12.8 Å². The molecule has 1 aliphatic rings. The van der Waals surface area contributed by atoms with E-state index in [2.05, 4.69) is 27.4 Å². The molecule has 1 saturated carbocycles. The van der Waals surface area contributed by atoms with Crippen molar-refractivity contribution in [3.8, 4) is 0 Å². The second kappa shape index (κ2) is 33.5. The maximum Gasteiger partial charge on any atom is 0.472 e. The molecule has 18 heteroatoms. The van der Waals surface area contributed by atoms with Crippen molar-refractivity contribution in [2.45, 2.75) is 236 Å². The van der Waals surface area contributed by atoms with Crippen molar-refractivity contribution >= 4 is 27.6 Å². The van der Waals surface area contributed by atoms with Crippen LogP contribution < -0.4 is 0 Å². The average Bonchev–Trinajstić information content (AvgIpc) is 3.19. The number of carbonyl (C=O) groups is 2. The molecule has 0 aliphatic heterocycles. The lowest BCUT2D eigenvalue weighted by molar-refractivity contribution is -0.216. The highest BCUT2D eigenvalue weighted by molar-refractivity contribution is 7.47. The molecule has 8 atom stereocenters. The second-order valence-corrected chi connectivity index (χ2v) is 18.1. The molecule has 0 aromatic carbocycles. The summed E-state index contributed by atoms with van der Waals surface area (Å²) in [4.78, 5) is 55.0. The molecule has 0 aromatic heterocycles. The van der Waals surface area contributed by atoms with Gasteiger partial charge in [0.15, 0.2) is 6.08 Å². The Hall–Kier alpha value is -1.00. The summed E-state index contributed by atoms with van der Waals surface area (Å²) in [5.41, 5.74) is 0. The highest BCUT2D eigenvalue weighted by atomic mass is 31.2. The maximum atomic E-state index is 13.3. The van der Waals surface area contributed by atoms with Crippen LogP contribution in [0, 0.1) is 0 Å². The lowest BCUT2D eigenvalue weighted by atomic mass is 9.85. The first-order valence-corrected chi connectivity index (χ1v) is 25.1. The standard InChI is InChI=1S/C41H80O16P2/c1-3-5-7-9-11-13-15-17-19-21-23-25-27-29-34(42)53-31-33(55-35(43)30-28-26-24-22-20-18-16-14-12-10-8-6-4-2)32-54-59(51,52)57-41-38(46)36(44)37(45)40(39(41)47)56-58(48,49)50/h33,36-41,44-47H,3-32H2,1-2H3,(H,51,52)(H2,48,49,50)/t33?,36-,37-,38-,39-,40+,41-/m1/s1/i31D2,32D2,33D. The summed E-state index contributed by atoms with van der Waals surface area (Å²) < 4.78 is 90.7. The van der Waals surface area contributed by atoms with Crippen molar-refractivity contribution in [1.29, 1.82) is 0 Å². The Morgan fingerprint density at radius 1 is 0.525 bits per heavy atom. The molecule has 1 fully saturated rings. The van der Waals surface area contributed by atoms with E-state index in [1.807, 2.05) is 0 Å². The number of aliphatic hydroxyl groups excluding tert-OH is 4. The van der Waals surface area contributed by atoms with E-state index in [1.54, 1.807) is 0 Å². The summed E-state index contributed by atoms with van der Waals surface area (Å²) in [6.07, 6.45) is 6.13. The molecular weight excluding hydrogens is 810 g/mol. The number of hydrogen-bond acceptors (Lipinski definition) is 13. The SMILES string of the molecule is [2H]C([2H])(OC(=O)CCCCCCCCCCCCCCC)C([2H])(OC(=O)CCCCCCCCCCCCCCC)C([2H])([2H])OP(=O)(O)O[C@H]1[C@H](O)[C@@H](OP(=O)(O)O)[C@H](O)[C@@H](O)[C@H]1O. The van der Waals surface area contributed by atoms with Gasteiger partial charge in [0.05, 0.1) is 13.4 Å². The molecule has 0 spiro atoms. The number of phosphoric ester groups is 2. The molecule has 2 unspecified atom stereocenters.